The van der Waals surface area contributed by atoms with Gasteiger partial charge in [-0.25, -0.2) is 4.39 Å². The molecule has 5 rings (SSSR count). The zero-order valence-electron chi connectivity index (χ0n) is 17.4. The van der Waals surface area contributed by atoms with Gasteiger partial charge in [0.25, 0.3) is 17.7 Å². The standard InChI is InChI=1S/C25H25FN2O3/c26-22-9-5-4-6-17(22)15-27(18-11-12-18)23(29)16-10-13-20-21(14-16)25(31)28(24(20)30)19-7-2-1-3-8-19/h4-6,9-10,13-14,18-19H,1-3,7-8,11-12,15H2. The maximum Gasteiger partial charge on any atom is 0.261 e. The van der Waals surface area contributed by atoms with Gasteiger partial charge in [0, 0.05) is 29.8 Å². The van der Waals surface area contributed by atoms with Crippen LogP contribution in [0.15, 0.2) is 42.5 Å². The summed E-state index contributed by atoms with van der Waals surface area (Å²) < 4.78 is 14.2. The summed E-state index contributed by atoms with van der Waals surface area (Å²) in [6, 6.07) is 11.3. The lowest BCUT2D eigenvalue weighted by Crippen LogP contribution is -2.40. The third-order valence-electron chi connectivity index (χ3n) is 6.65. The molecule has 6 heteroatoms. The summed E-state index contributed by atoms with van der Waals surface area (Å²) in [4.78, 5) is 42.3. The molecule has 31 heavy (non-hydrogen) atoms. The van der Waals surface area contributed by atoms with E-state index in [1.807, 2.05) is 0 Å². The SMILES string of the molecule is O=C(c1ccc2c(c1)C(=O)N(C1CCCCC1)C2=O)N(Cc1ccccc1F)C1CC1. The number of benzene rings is 2. The highest BCUT2D eigenvalue weighted by Crippen LogP contribution is 2.33. The first-order valence-corrected chi connectivity index (χ1v) is 11.1. The second-order valence-electron chi connectivity index (χ2n) is 8.79. The summed E-state index contributed by atoms with van der Waals surface area (Å²) in [7, 11) is 0. The lowest BCUT2D eigenvalue weighted by Gasteiger charge is -2.29. The molecule has 3 amide bonds. The van der Waals surface area contributed by atoms with Gasteiger partial charge in [0.05, 0.1) is 11.1 Å². The fourth-order valence-corrected chi connectivity index (χ4v) is 4.79. The number of amides is 3. The lowest BCUT2D eigenvalue weighted by molar-refractivity contribution is 0.0548. The number of fused-ring (bicyclic) bond motifs is 1. The Labute approximate surface area is 180 Å². The van der Waals surface area contributed by atoms with Crippen LogP contribution >= 0.6 is 0 Å². The van der Waals surface area contributed by atoms with Crippen LogP contribution in [0, 0.1) is 5.82 Å². The minimum atomic E-state index is -0.334. The summed E-state index contributed by atoms with van der Waals surface area (Å²) in [6.07, 6.45) is 6.64. The van der Waals surface area contributed by atoms with Gasteiger partial charge < -0.3 is 4.90 Å². The van der Waals surface area contributed by atoms with Crippen molar-refractivity contribution in [3.63, 3.8) is 0 Å². The maximum absolute atomic E-state index is 14.2. The molecule has 0 bridgehead atoms. The Hall–Kier alpha value is -3.02. The highest BCUT2D eigenvalue weighted by molar-refractivity contribution is 6.22. The van der Waals surface area contributed by atoms with Gasteiger partial charge in [-0.3, -0.25) is 19.3 Å². The number of nitrogens with zero attached hydrogens (tertiary/aromatic N) is 2. The van der Waals surface area contributed by atoms with Crippen LogP contribution in [0.3, 0.4) is 0 Å². The molecule has 2 saturated carbocycles. The lowest BCUT2D eigenvalue weighted by atomic mass is 9.94. The topological polar surface area (TPSA) is 57.7 Å². The molecule has 2 aromatic carbocycles. The zero-order chi connectivity index (χ0) is 21.5. The maximum atomic E-state index is 14.2. The van der Waals surface area contributed by atoms with E-state index in [-0.39, 0.29) is 42.2 Å². The molecule has 3 aliphatic rings. The molecule has 0 saturated heterocycles. The van der Waals surface area contributed by atoms with Crippen LogP contribution in [0.2, 0.25) is 0 Å². The quantitative estimate of drug-likeness (QED) is 0.667. The van der Waals surface area contributed by atoms with E-state index in [4.69, 9.17) is 0 Å². The van der Waals surface area contributed by atoms with E-state index in [2.05, 4.69) is 0 Å². The van der Waals surface area contributed by atoms with Crippen molar-refractivity contribution < 1.29 is 18.8 Å². The van der Waals surface area contributed by atoms with Crippen LogP contribution in [0.1, 0.15) is 81.6 Å². The van der Waals surface area contributed by atoms with Crippen molar-refractivity contribution >= 4 is 17.7 Å². The largest absolute Gasteiger partial charge is 0.331 e. The summed E-state index contributed by atoms with van der Waals surface area (Å²) in [5.74, 6) is -1.12. The molecular formula is C25H25FN2O3. The molecule has 2 aliphatic carbocycles. The molecule has 5 nitrogen and oxygen atoms in total. The fourth-order valence-electron chi connectivity index (χ4n) is 4.79. The Bertz CT molecular complexity index is 1060. The highest BCUT2D eigenvalue weighted by Gasteiger charge is 2.41. The van der Waals surface area contributed by atoms with Gasteiger partial charge in [-0.2, -0.15) is 0 Å². The molecule has 0 aromatic heterocycles. The van der Waals surface area contributed by atoms with Crippen LogP contribution in [0.4, 0.5) is 4.39 Å². The van der Waals surface area contributed by atoms with E-state index >= 15 is 0 Å². The van der Waals surface area contributed by atoms with E-state index in [9.17, 15) is 18.8 Å². The van der Waals surface area contributed by atoms with E-state index in [0.717, 1.165) is 44.9 Å². The molecule has 160 valence electrons. The zero-order valence-corrected chi connectivity index (χ0v) is 17.4. The first kappa shape index (κ1) is 19.9. The average Bonchev–Trinajstić information content (AvgIpc) is 3.60. The Kier molecular flexibility index (Phi) is 5.08. The molecule has 1 aliphatic heterocycles. The molecule has 0 atom stereocenters. The van der Waals surface area contributed by atoms with Crippen molar-refractivity contribution in [2.45, 2.75) is 63.6 Å². The molecular weight excluding hydrogens is 395 g/mol. The Morgan fingerprint density at radius 1 is 0.935 bits per heavy atom. The van der Waals surface area contributed by atoms with Crippen molar-refractivity contribution in [2.24, 2.45) is 0 Å². The van der Waals surface area contributed by atoms with Crippen molar-refractivity contribution in [3.8, 4) is 0 Å². The predicted molar refractivity (Wildman–Crippen MR) is 113 cm³/mol. The minimum absolute atomic E-state index is 0.0516. The summed E-state index contributed by atoms with van der Waals surface area (Å²) in [6.45, 7) is 0.189. The van der Waals surface area contributed by atoms with Gasteiger partial charge in [-0.05, 0) is 49.9 Å². The summed E-state index contributed by atoms with van der Waals surface area (Å²) >= 11 is 0. The number of hydrogen-bond acceptors (Lipinski definition) is 3. The van der Waals surface area contributed by atoms with E-state index in [1.54, 1.807) is 41.3 Å². The number of rotatable bonds is 5. The van der Waals surface area contributed by atoms with Gasteiger partial charge in [0.15, 0.2) is 0 Å². The average molecular weight is 420 g/mol. The smallest absolute Gasteiger partial charge is 0.261 e. The third-order valence-corrected chi connectivity index (χ3v) is 6.65. The van der Waals surface area contributed by atoms with Gasteiger partial charge >= 0.3 is 0 Å². The van der Waals surface area contributed by atoms with Crippen LogP contribution in [0.25, 0.3) is 0 Å². The van der Waals surface area contributed by atoms with Crippen molar-refractivity contribution in [2.75, 3.05) is 0 Å². The molecule has 0 N–H and O–H groups in total. The second kappa shape index (κ2) is 7.91. The van der Waals surface area contributed by atoms with Crippen LogP contribution < -0.4 is 0 Å². The van der Waals surface area contributed by atoms with Crippen LogP contribution in [-0.4, -0.2) is 39.6 Å². The molecule has 0 unspecified atom stereocenters. The molecule has 2 aromatic rings. The van der Waals surface area contributed by atoms with E-state index in [0.29, 0.717) is 22.3 Å². The van der Waals surface area contributed by atoms with E-state index < -0.39 is 0 Å². The van der Waals surface area contributed by atoms with Gasteiger partial charge in [0.1, 0.15) is 5.82 Å². The Balaban J connectivity index is 1.41. The van der Waals surface area contributed by atoms with Crippen molar-refractivity contribution in [1.29, 1.82) is 0 Å². The fraction of sp³-hybridized carbons (Fsp3) is 0.400. The molecule has 2 fully saturated rings. The van der Waals surface area contributed by atoms with Crippen LogP contribution in [0.5, 0.6) is 0 Å². The number of imide groups is 1. The molecule has 0 spiro atoms. The normalized spacial score (nSPS) is 18.9. The molecule has 0 radical (unpaired) electrons. The number of carbonyl (C=O) groups excluding carboxylic acids is 3. The Morgan fingerprint density at radius 2 is 1.65 bits per heavy atom. The van der Waals surface area contributed by atoms with Gasteiger partial charge in [-0.1, -0.05) is 37.5 Å². The van der Waals surface area contributed by atoms with Gasteiger partial charge in [0.2, 0.25) is 0 Å². The predicted octanol–water partition coefficient (Wildman–Crippen LogP) is 4.56. The number of halogens is 1. The first-order valence-electron chi connectivity index (χ1n) is 11.1. The van der Waals surface area contributed by atoms with Crippen LogP contribution in [-0.2, 0) is 6.54 Å². The number of hydrogen-bond donors (Lipinski definition) is 0. The van der Waals surface area contributed by atoms with E-state index in [1.165, 1.54) is 11.0 Å². The second-order valence-corrected chi connectivity index (χ2v) is 8.79. The van der Waals surface area contributed by atoms with Crippen molar-refractivity contribution in [1.82, 2.24) is 9.80 Å². The Morgan fingerprint density at radius 3 is 2.35 bits per heavy atom. The minimum Gasteiger partial charge on any atom is -0.331 e. The number of carbonyl (C=O) groups is 3. The summed E-state index contributed by atoms with van der Waals surface area (Å²) in [5.41, 5.74) is 1.52. The monoisotopic (exact) mass is 420 g/mol. The summed E-state index contributed by atoms with van der Waals surface area (Å²) in [5, 5.41) is 0. The highest BCUT2D eigenvalue weighted by atomic mass is 19.1. The first-order chi connectivity index (χ1) is 15.0. The molecule has 1 heterocycles. The van der Waals surface area contributed by atoms with Crippen molar-refractivity contribution in [3.05, 3.63) is 70.5 Å². The third kappa shape index (κ3) is 3.64. The van der Waals surface area contributed by atoms with Gasteiger partial charge in [-0.15, -0.1) is 0 Å².